The van der Waals surface area contributed by atoms with Gasteiger partial charge in [0.05, 0.1) is 26.1 Å². The van der Waals surface area contributed by atoms with Crippen molar-refractivity contribution in [3.63, 3.8) is 0 Å². The summed E-state index contributed by atoms with van der Waals surface area (Å²) in [6.07, 6.45) is 2.15. The fourth-order valence-corrected chi connectivity index (χ4v) is 3.57. The second kappa shape index (κ2) is 6.79. The number of methoxy groups -OCH3 is 2. The van der Waals surface area contributed by atoms with Gasteiger partial charge in [-0.05, 0) is 25.1 Å². The van der Waals surface area contributed by atoms with Crippen LogP contribution in [0.1, 0.15) is 29.0 Å². The smallest absolute Gasteiger partial charge is 0.226 e. The third-order valence-electron chi connectivity index (χ3n) is 4.91. The van der Waals surface area contributed by atoms with E-state index >= 15 is 0 Å². The zero-order valence-corrected chi connectivity index (χ0v) is 15.5. The number of benzene rings is 2. The standard InChI is InChI=1S/C21H21N3O3/c1-13-7-9-14(10-8-13)24-21-17(12-22-24)16(11-19(25)23-21)15-5-4-6-18(26-2)20(15)27-3/h4-10,12,16H,11H2,1-3H3,(H,23,25). The number of aryl methyl sites for hydroxylation is 1. The lowest BCUT2D eigenvalue weighted by Crippen LogP contribution is -2.24. The van der Waals surface area contributed by atoms with Gasteiger partial charge >= 0.3 is 0 Å². The molecule has 1 aromatic heterocycles. The second-order valence-electron chi connectivity index (χ2n) is 6.58. The lowest BCUT2D eigenvalue weighted by Gasteiger charge is -2.25. The molecule has 2 heterocycles. The van der Waals surface area contributed by atoms with Crippen LogP contribution in [-0.2, 0) is 4.79 Å². The van der Waals surface area contributed by atoms with E-state index in [9.17, 15) is 4.79 Å². The number of ether oxygens (including phenoxy) is 2. The number of nitrogens with zero attached hydrogens (tertiary/aromatic N) is 2. The van der Waals surface area contributed by atoms with Gasteiger partial charge in [-0.1, -0.05) is 29.8 Å². The molecule has 0 radical (unpaired) electrons. The van der Waals surface area contributed by atoms with Crippen LogP contribution >= 0.6 is 0 Å². The Hall–Kier alpha value is -3.28. The second-order valence-corrected chi connectivity index (χ2v) is 6.58. The molecule has 1 aliphatic heterocycles. The number of carbonyl (C=O) groups excluding carboxylic acids is 1. The molecule has 0 saturated heterocycles. The summed E-state index contributed by atoms with van der Waals surface area (Å²) in [4.78, 5) is 12.5. The summed E-state index contributed by atoms with van der Waals surface area (Å²) in [5.74, 6) is 1.79. The molecule has 1 N–H and O–H groups in total. The van der Waals surface area contributed by atoms with E-state index in [-0.39, 0.29) is 11.8 Å². The Bertz CT molecular complexity index is 992. The van der Waals surface area contributed by atoms with Gasteiger partial charge in [-0.25, -0.2) is 4.68 Å². The highest BCUT2D eigenvalue weighted by atomic mass is 16.5. The number of para-hydroxylation sites is 1. The number of hydrogen-bond acceptors (Lipinski definition) is 4. The third kappa shape index (κ3) is 2.93. The molecule has 1 amide bonds. The molecule has 27 heavy (non-hydrogen) atoms. The third-order valence-corrected chi connectivity index (χ3v) is 4.91. The van der Waals surface area contributed by atoms with E-state index in [1.165, 1.54) is 5.56 Å². The van der Waals surface area contributed by atoms with E-state index in [2.05, 4.69) is 10.4 Å². The normalized spacial score (nSPS) is 15.8. The molecule has 0 fully saturated rings. The van der Waals surface area contributed by atoms with Gasteiger partial charge < -0.3 is 14.8 Å². The van der Waals surface area contributed by atoms with Crippen molar-refractivity contribution >= 4 is 11.7 Å². The van der Waals surface area contributed by atoms with Gasteiger partial charge in [0.2, 0.25) is 5.91 Å². The number of nitrogens with one attached hydrogen (secondary N) is 1. The summed E-state index contributed by atoms with van der Waals surface area (Å²) in [7, 11) is 3.22. The number of anilines is 1. The maximum Gasteiger partial charge on any atom is 0.226 e. The number of rotatable bonds is 4. The molecule has 0 saturated carbocycles. The van der Waals surface area contributed by atoms with Gasteiger partial charge in [-0.3, -0.25) is 4.79 Å². The van der Waals surface area contributed by atoms with Gasteiger partial charge in [0.1, 0.15) is 5.82 Å². The molecular weight excluding hydrogens is 342 g/mol. The fourth-order valence-electron chi connectivity index (χ4n) is 3.57. The first-order valence-electron chi connectivity index (χ1n) is 8.78. The molecule has 3 aromatic rings. The predicted octanol–water partition coefficient (Wildman–Crippen LogP) is 3.67. The molecule has 1 unspecified atom stereocenters. The maximum atomic E-state index is 12.5. The van der Waals surface area contributed by atoms with Crippen LogP contribution < -0.4 is 14.8 Å². The topological polar surface area (TPSA) is 65.4 Å². The Morgan fingerprint density at radius 2 is 1.85 bits per heavy atom. The Balaban J connectivity index is 1.84. The zero-order chi connectivity index (χ0) is 19.0. The maximum absolute atomic E-state index is 12.5. The summed E-state index contributed by atoms with van der Waals surface area (Å²) in [5, 5.41) is 7.51. The Morgan fingerprint density at radius 3 is 2.56 bits per heavy atom. The van der Waals surface area contributed by atoms with Crippen LogP contribution in [0.25, 0.3) is 5.69 Å². The first kappa shape index (κ1) is 17.1. The van der Waals surface area contributed by atoms with Crippen LogP contribution in [0.4, 0.5) is 5.82 Å². The van der Waals surface area contributed by atoms with Crippen molar-refractivity contribution in [2.24, 2.45) is 0 Å². The first-order chi connectivity index (χ1) is 13.1. The quantitative estimate of drug-likeness (QED) is 0.768. The average molecular weight is 363 g/mol. The van der Waals surface area contributed by atoms with E-state index in [0.717, 1.165) is 16.8 Å². The largest absolute Gasteiger partial charge is 0.493 e. The summed E-state index contributed by atoms with van der Waals surface area (Å²) in [5.41, 5.74) is 3.95. The monoisotopic (exact) mass is 363 g/mol. The molecular formula is C21H21N3O3. The Labute approximate surface area is 157 Å². The lowest BCUT2D eigenvalue weighted by atomic mass is 9.86. The molecule has 1 aliphatic rings. The highest BCUT2D eigenvalue weighted by Crippen LogP contribution is 2.44. The van der Waals surface area contributed by atoms with Crippen LogP contribution in [0.15, 0.2) is 48.7 Å². The van der Waals surface area contributed by atoms with E-state index in [1.54, 1.807) is 18.9 Å². The average Bonchev–Trinajstić information content (AvgIpc) is 3.11. The SMILES string of the molecule is COc1cccc(C2CC(=O)Nc3c2cnn3-c2ccc(C)cc2)c1OC. The number of amides is 1. The molecule has 6 heteroatoms. The van der Waals surface area contributed by atoms with Gasteiger partial charge in [0.15, 0.2) is 11.5 Å². The van der Waals surface area contributed by atoms with Crippen molar-refractivity contribution in [1.82, 2.24) is 9.78 Å². The zero-order valence-electron chi connectivity index (χ0n) is 15.5. The number of aromatic nitrogens is 2. The van der Waals surface area contributed by atoms with Gasteiger partial charge in [0.25, 0.3) is 0 Å². The molecule has 138 valence electrons. The molecule has 2 aromatic carbocycles. The molecule has 4 rings (SSSR count). The number of carbonyl (C=O) groups is 1. The molecule has 0 spiro atoms. The van der Waals surface area contributed by atoms with Crippen molar-refractivity contribution in [2.75, 3.05) is 19.5 Å². The van der Waals surface area contributed by atoms with E-state index in [4.69, 9.17) is 9.47 Å². The highest BCUT2D eigenvalue weighted by molar-refractivity contribution is 5.94. The van der Waals surface area contributed by atoms with E-state index in [0.29, 0.717) is 23.7 Å². The first-order valence-corrected chi connectivity index (χ1v) is 8.78. The number of hydrogen-bond donors (Lipinski definition) is 1. The van der Waals surface area contributed by atoms with Crippen molar-refractivity contribution in [2.45, 2.75) is 19.3 Å². The van der Waals surface area contributed by atoms with Gasteiger partial charge in [-0.15, -0.1) is 0 Å². The summed E-state index contributed by atoms with van der Waals surface area (Å²) in [6, 6.07) is 13.8. The van der Waals surface area contributed by atoms with Crippen LogP contribution in [0.5, 0.6) is 11.5 Å². The summed E-state index contributed by atoms with van der Waals surface area (Å²) in [6.45, 7) is 2.04. The molecule has 0 bridgehead atoms. The van der Waals surface area contributed by atoms with Gasteiger partial charge in [0, 0.05) is 23.5 Å². The minimum absolute atomic E-state index is 0.0498. The molecule has 0 aliphatic carbocycles. The fraction of sp³-hybridized carbons (Fsp3) is 0.238. The van der Waals surface area contributed by atoms with Gasteiger partial charge in [-0.2, -0.15) is 5.10 Å². The minimum Gasteiger partial charge on any atom is -0.493 e. The minimum atomic E-state index is -0.155. The Kier molecular flexibility index (Phi) is 4.32. The van der Waals surface area contributed by atoms with Crippen molar-refractivity contribution in [1.29, 1.82) is 0 Å². The van der Waals surface area contributed by atoms with E-state index in [1.807, 2.05) is 55.6 Å². The van der Waals surface area contributed by atoms with Crippen LogP contribution in [0.2, 0.25) is 0 Å². The molecule has 6 nitrogen and oxygen atoms in total. The van der Waals surface area contributed by atoms with Crippen LogP contribution in [0.3, 0.4) is 0 Å². The summed E-state index contributed by atoms with van der Waals surface area (Å²) < 4.78 is 12.8. The molecule has 1 atom stereocenters. The van der Waals surface area contributed by atoms with Crippen LogP contribution in [0, 0.1) is 6.92 Å². The highest BCUT2D eigenvalue weighted by Gasteiger charge is 2.32. The van der Waals surface area contributed by atoms with Crippen molar-refractivity contribution in [3.8, 4) is 17.2 Å². The Morgan fingerprint density at radius 1 is 1.07 bits per heavy atom. The lowest BCUT2D eigenvalue weighted by molar-refractivity contribution is -0.116. The van der Waals surface area contributed by atoms with Crippen molar-refractivity contribution < 1.29 is 14.3 Å². The van der Waals surface area contributed by atoms with Crippen molar-refractivity contribution in [3.05, 3.63) is 65.4 Å². The van der Waals surface area contributed by atoms with Crippen LogP contribution in [-0.4, -0.2) is 29.9 Å². The van der Waals surface area contributed by atoms with E-state index < -0.39 is 0 Å². The summed E-state index contributed by atoms with van der Waals surface area (Å²) >= 11 is 0. The predicted molar refractivity (Wildman–Crippen MR) is 103 cm³/mol. The number of fused-ring (bicyclic) bond motifs is 1.